The van der Waals surface area contributed by atoms with Gasteiger partial charge in [0.25, 0.3) is 0 Å². The molecule has 2 spiro atoms. The Kier molecular flexibility index (Phi) is 4.64. The predicted octanol–water partition coefficient (Wildman–Crippen LogP) is 5.43. The van der Waals surface area contributed by atoms with Gasteiger partial charge in [-0.15, -0.1) is 0 Å². The molecule has 2 saturated heterocycles. The maximum atomic E-state index is 7.55. The molecule has 4 nitrogen and oxygen atoms in total. The van der Waals surface area contributed by atoms with Crippen LogP contribution < -0.4 is 0 Å². The number of hydrogen-bond donors (Lipinski definition) is 0. The third-order valence-corrected chi connectivity index (χ3v) is 11.7. The molecule has 0 N–H and O–H groups in total. The first-order valence-corrected chi connectivity index (χ1v) is 14.6. The first kappa shape index (κ1) is 21.6. The number of pyridine rings is 1. The van der Waals surface area contributed by atoms with Crippen LogP contribution in [0.15, 0.2) is 41.8 Å². The fraction of sp³-hybridized carbons (Fsp3) is 0.710. The summed E-state index contributed by atoms with van der Waals surface area (Å²) < 4.78 is 7.55. The van der Waals surface area contributed by atoms with Crippen molar-refractivity contribution in [2.45, 2.75) is 107 Å². The van der Waals surface area contributed by atoms with Crippen molar-refractivity contribution in [3.8, 4) is 0 Å². The Morgan fingerprint density at radius 2 is 1.91 bits per heavy atom. The lowest BCUT2D eigenvalue weighted by molar-refractivity contribution is -0.144. The van der Waals surface area contributed by atoms with Crippen molar-refractivity contribution in [1.82, 2.24) is 14.8 Å². The summed E-state index contributed by atoms with van der Waals surface area (Å²) in [7, 11) is 0. The van der Waals surface area contributed by atoms with Crippen molar-refractivity contribution in [3.05, 3.63) is 52.9 Å². The zero-order valence-electron chi connectivity index (χ0n) is 21.5. The Bertz CT molecular complexity index is 1100. The van der Waals surface area contributed by atoms with E-state index in [0.29, 0.717) is 17.4 Å². The molecule has 2 saturated carbocycles. The number of likely N-dealkylation sites (tertiary alicyclic amines) is 1. The Hall–Kier alpha value is -1.49. The van der Waals surface area contributed by atoms with Crippen LogP contribution in [0.25, 0.3) is 0 Å². The minimum absolute atomic E-state index is 0.0204. The molecule has 6 atom stereocenters. The van der Waals surface area contributed by atoms with Gasteiger partial charge in [-0.2, -0.15) is 0 Å². The molecule has 1 aromatic rings. The molecule has 5 heterocycles. The van der Waals surface area contributed by atoms with Gasteiger partial charge in [0.05, 0.1) is 11.2 Å². The largest absolute Gasteiger partial charge is 0.359 e. The summed E-state index contributed by atoms with van der Waals surface area (Å²) in [5.74, 6) is 0.652. The fourth-order valence-corrected chi connectivity index (χ4v) is 10.0. The first-order valence-electron chi connectivity index (χ1n) is 14.6. The van der Waals surface area contributed by atoms with Crippen LogP contribution in [0.2, 0.25) is 0 Å². The number of nitrogens with zero attached hydrogens (tertiary/aromatic N) is 3. The van der Waals surface area contributed by atoms with Crippen molar-refractivity contribution < 1.29 is 4.74 Å². The van der Waals surface area contributed by atoms with E-state index in [1.54, 1.807) is 11.1 Å². The molecule has 4 fully saturated rings. The molecule has 0 aromatic carbocycles. The van der Waals surface area contributed by atoms with Crippen LogP contribution in [-0.4, -0.2) is 57.7 Å². The molecule has 4 aliphatic heterocycles. The molecule has 1 aromatic heterocycles. The monoisotopic (exact) mass is 471 g/mol. The summed E-state index contributed by atoms with van der Waals surface area (Å²) in [5, 5.41) is 0. The van der Waals surface area contributed by atoms with Crippen molar-refractivity contribution in [2.75, 3.05) is 19.6 Å². The lowest BCUT2D eigenvalue weighted by Crippen LogP contribution is -2.57. The van der Waals surface area contributed by atoms with Gasteiger partial charge in [0.1, 0.15) is 0 Å². The summed E-state index contributed by atoms with van der Waals surface area (Å²) in [6.45, 7) is 7.52. The van der Waals surface area contributed by atoms with Gasteiger partial charge in [0.15, 0.2) is 0 Å². The lowest BCUT2D eigenvalue weighted by atomic mass is 9.59. The van der Waals surface area contributed by atoms with Crippen LogP contribution >= 0.6 is 0 Å². The molecular formula is C31H41N3O. The van der Waals surface area contributed by atoms with Gasteiger partial charge < -0.3 is 9.64 Å². The molecule has 2 bridgehead atoms. The normalized spacial score (nSPS) is 44.8. The van der Waals surface area contributed by atoms with Gasteiger partial charge in [0, 0.05) is 37.6 Å². The molecular weight excluding hydrogens is 430 g/mol. The van der Waals surface area contributed by atoms with E-state index in [1.807, 2.05) is 6.20 Å². The van der Waals surface area contributed by atoms with Gasteiger partial charge in [-0.3, -0.25) is 9.88 Å². The molecule has 0 radical (unpaired) electrons. The fourth-order valence-electron chi connectivity index (χ4n) is 10.0. The number of ether oxygens (including phenoxy) is 1. The van der Waals surface area contributed by atoms with E-state index in [-0.39, 0.29) is 11.2 Å². The highest BCUT2D eigenvalue weighted by molar-refractivity contribution is 5.47. The highest BCUT2D eigenvalue weighted by Gasteiger charge is 2.67. The van der Waals surface area contributed by atoms with Crippen LogP contribution in [0.4, 0.5) is 0 Å². The average molecular weight is 472 g/mol. The van der Waals surface area contributed by atoms with E-state index >= 15 is 0 Å². The topological polar surface area (TPSA) is 28.6 Å². The third kappa shape index (κ3) is 2.94. The summed E-state index contributed by atoms with van der Waals surface area (Å²) in [6, 6.07) is 3.63. The molecule has 7 aliphatic rings. The smallest absolute Gasteiger partial charge is 0.0975 e. The summed E-state index contributed by atoms with van der Waals surface area (Å²) >= 11 is 0. The first-order chi connectivity index (χ1) is 17.1. The molecule has 0 unspecified atom stereocenters. The average Bonchev–Trinajstić information content (AvgIpc) is 3.60. The van der Waals surface area contributed by atoms with Crippen molar-refractivity contribution in [2.24, 2.45) is 11.3 Å². The predicted molar refractivity (Wildman–Crippen MR) is 138 cm³/mol. The maximum Gasteiger partial charge on any atom is 0.0975 e. The van der Waals surface area contributed by atoms with Gasteiger partial charge in [-0.05, 0) is 123 Å². The molecule has 4 heteroatoms. The van der Waals surface area contributed by atoms with Gasteiger partial charge in [-0.1, -0.05) is 19.1 Å². The molecule has 3 aliphatic carbocycles. The Labute approximate surface area is 210 Å². The Morgan fingerprint density at radius 3 is 2.83 bits per heavy atom. The van der Waals surface area contributed by atoms with E-state index in [2.05, 4.69) is 46.1 Å². The quantitative estimate of drug-likeness (QED) is 0.575. The van der Waals surface area contributed by atoms with Crippen LogP contribution in [-0.2, 0) is 17.7 Å². The highest BCUT2D eigenvalue weighted by Crippen LogP contribution is 2.67. The Morgan fingerprint density at radius 1 is 1.00 bits per heavy atom. The number of rotatable bonds is 2. The second kappa shape index (κ2) is 7.52. The zero-order chi connectivity index (χ0) is 23.3. The van der Waals surface area contributed by atoms with Crippen LogP contribution in [0.3, 0.4) is 0 Å². The van der Waals surface area contributed by atoms with E-state index in [0.717, 1.165) is 12.6 Å². The third-order valence-electron chi connectivity index (χ3n) is 11.7. The van der Waals surface area contributed by atoms with Crippen molar-refractivity contribution >= 4 is 0 Å². The van der Waals surface area contributed by atoms with E-state index in [4.69, 9.17) is 4.74 Å². The second-order valence-corrected chi connectivity index (χ2v) is 13.2. The van der Waals surface area contributed by atoms with Crippen molar-refractivity contribution in [3.63, 3.8) is 0 Å². The van der Waals surface area contributed by atoms with Crippen LogP contribution in [0, 0.1) is 11.3 Å². The van der Waals surface area contributed by atoms with Crippen LogP contribution in [0.1, 0.15) is 82.3 Å². The number of allylic oxidation sites excluding steroid dienone is 1. The minimum Gasteiger partial charge on any atom is -0.359 e. The summed E-state index contributed by atoms with van der Waals surface area (Å²) in [4.78, 5) is 10.1. The number of aromatic nitrogens is 1. The van der Waals surface area contributed by atoms with E-state index < -0.39 is 0 Å². The second-order valence-electron chi connectivity index (χ2n) is 13.2. The van der Waals surface area contributed by atoms with Crippen molar-refractivity contribution in [1.29, 1.82) is 0 Å². The molecule has 186 valence electrons. The van der Waals surface area contributed by atoms with Crippen LogP contribution in [0.5, 0.6) is 0 Å². The standard InChI is InChI=1S/C31H41N3O/c1-29-11-8-25-18-24-4-5-26(33-15-2-3-16-33)19-30(24)12-13-31(25,35-30)27(29)6-7-28(29)34-17-10-22-9-14-32-20-23(22)21-34/h8-9,14,18,20,26-28H,2-7,10-13,15-17,19,21H2,1H3/t26-,27+,28-,29-,30+,31+/m0/s1. The van der Waals surface area contributed by atoms with Gasteiger partial charge >= 0.3 is 0 Å². The molecule has 0 amide bonds. The lowest BCUT2D eigenvalue weighted by Gasteiger charge is -2.55. The van der Waals surface area contributed by atoms with Gasteiger partial charge in [0.2, 0.25) is 0 Å². The molecule has 8 rings (SSSR count). The summed E-state index contributed by atoms with van der Waals surface area (Å²) in [6.07, 6.45) is 23.5. The number of hydrogen-bond acceptors (Lipinski definition) is 4. The van der Waals surface area contributed by atoms with E-state index in [9.17, 15) is 0 Å². The van der Waals surface area contributed by atoms with E-state index in [1.165, 1.54) is 101 Å². The van der Waals surface area contributed by atoms with Gasteiger partial charge in [-0.25, -0.2) is 0 Å². The zero-order valence-corrected chi connectivity index (χ0v) is 21.5. The minimum atomic E-state index is -0.0204. The molecule has 35 heavy (non-hydrogen) atoms. The Balaban J connectivity index is 1.10. The number of fused-ring (bicyclic) bond motifs is 2. The maximum absolute atomic E-state index is 7.55. The highest BCUT2D eigenvalue weighted by atomic mass is 16.5. The summed E-state index contributed by atoms with van der Waals surface area (Å²) in [5.41, 5.74) is 6.50. The SMILES string of the molecule is C[C@]12CC=C3C=C4CC[C@H](N5CCCC5)C[C@]45CC[C@]3(O5)[C@@H]1CC[C@@H]2N1CCc2ccncc2C1.